The van der Waals surface area contributed by atoms with Gasteiger partial charge in [-0.25, -0.2) is 9.97 Å². The first-order valence-electron chi connectivity index (χ1n) is 8.24. The van der Waals surface area contributed by atoms with Gasteiger partial charge in [-0.2, -0.15) is 18.2 Å². The quantitative estimate of drug-likeness (QED) is 0.511. The predicted molar refractivity (Wildman–Crippen MR) is 102 cm³/mol. The van der Waals surface area contributed by atoms with Gasteiger partial charge in [-0.05, 0) is 24.3 Å². The van der Waals surface area contributed by atoms with Crippen LogP contribution in [0.3, 0.4) is 0 Å². The Morgan fingerprint density at radius 3 is 2.45 bits per heavy atom. The summed E-state index contributed by atoms with van der Waals surface area (Å²) in [6.45, 7) is -0.274. The summed E-state index contributed by atoms with van der Waals surface area (Å²) < 4.78 is 39.5. The van der Waals surface area contributed by atoms with E-state index in [2.05, 4.69) is 20.3 Å². The number of nitrogens with two attached hydrogens (primary N) is 3. The van der Waals surface area contributed by atoms with Crippen molar-refractivity contribution in [2.75, 3.05) is 23.3 Å². The zero-order valence-corrected chi connectivity index (χ0v) is 14.9. The van der Waals surface area contributed by atoms with Crippen molar-refractivity contribution in [2.45, 2.75) is 6.18 Å². The third-order valence-electron chi connectivity index (χ3n) is 3.90. The van der Waals surface area contributed by atoms with Gasteiger partial charge in [-0.3, -0.25) is 4.79 Å². The lowest BCUT2D eigenvalue weighted by Crippen LogP contribution is -2.23. The lowest BCUT2D eigenvalue weighted by atomic mass is 9.99. The molecule has 29 heavy (non-hydrogen) atoms. The van der Waals surface area contributed by atoms with Crippen molar-refractivity contribution < 1.29 is 18.0 Å². The van der Waals surface area contributed by atoms with Crippen molar-refractivity contribution in [3.8, 4) is 22.4 Å². The number of pyridine rings is 1. The third-order valence-corrected chi connectivity index (χ3v) is 3.90. The molecule has 2 aromatic heterocycles. The molecule has 150 valence electrons. The van der Waals surface area contributed by atoms with E-state index in [0.717, 1.165) is 12.1 Å². The van der Waals surface area contributed by atoms with Gasteiger partial charge in [0.2, 0.25) is 11.9 Å². The molecule has 0 aliphatic heterocycles. The molecular formula is C18H16F3N7O. The highest BCUT2D eigenvalue weighted by Crippen LogP contribution is 2.37. The van der Waals surface area contributed by atoms with Gasteiger partial charge in [0, 0.05) is 17.3 Å². The summed E-state index contributed by atoms with van der Waals surface area (Å²) in [6.07, 6.45) is -3.12. The zero-order valence-electron chi connectivity index (χ0n) is 14.9. The number of nitrogens with zero attached hydrogens (tertiary/aromatic N) is 3. The number of carbonyl (C=O) groups is 1. The molecule has 7 N–H and O–H groups in total. The number of carbonyl (C=O) groups excluding carboxylic acids is 1. The standard InChI is InChI=1S/C18H16F3N7O/c19-18(20,21)11-3-1-2-9(6-11)15-14(10-4-5-12(22)25-7-10)16(24)28-17(27-15)26-8-13(23)29/h1-7H,8H2,(H2,22,25)(H2,23,29)(H3,24,26,27,28). The number of hydrogen-bond donors (Lipinski definition) is 4. The van der Waals surface area contributed by atoms with E-state index in [0.29, 0.717) is 5.56 Å². The first-order chi connectivity index (χ1) is 13.6. The Hall–Kier alpha value is -3.89. The average molecular weight is 403 g/mol. The molecule has 1 amide bonds. The maximum absolute atomic E-state index is 13.2. The van der Waals surface area contributed by atoms with E-state index in [1.54, 1.807) is 6.07 Å². The third kappa shape index (κ3) is 4.51. The number of nitrogen functional groups attached to an aromatic ring is 2. The number of amides is 1. The summed E-state index contributed by atoms with van der Waals surface area (Å²) in [5.74, 6) is -0.486. The van der Waals surface area contributed by atoms with Crippen LogP contribution in [0.5, 0.6) is 0 Å². The van der Waals surface area contributed by atoms with E-state index in [4.69, 9.17) is 17.2 Å². The molecule has 0 atom stereocenters. The van der Waals surface area contributed by atoms with Gasteiger partial charge in [-0.15, -0.1) is 0 Å². The minimum atomic E-state index is -4.54. The largest absolute Gasteiger partial charge is 0.416 e. The van der Waals surface area contributed by atoms with Crippen molar-refractivity contribution in [1.29, 1.82) is 0 Å². The van der Waals surface area contributed by atoms with Crippen molar-refractivity contribution in [3.63, 3.8) is 0 Å². The van der Waals surface area contributed by atoms with Crippen LogP contribution in [0.25, 0.3) is 22.4 Å². The van der Waals surface area contributed by atoms with Gasteiger partial charge < -0.3 is 22.5 Å². The monoisotopic (exact) mass is 403 g/mol. The van der Waals surface area contributed by atoms with E-state index >= 15 is 0 Å². The van der Waals surface area contributed by atoms with Crippen LogP contribution >= 0.6 is 0 Å². The van der Waals surface area contributed by atoms with Crippen LogP contribution in [0.4, 0.5) is 30.8 Å². The number of primary amides is 1. The first kappa shape index (κ1) is 19.9. The van der Waals surface area contributed by atoms with Crippen LogP contribution in [0, 0.1) is 0 Å². The van der Waals surface area contributed by atoms with Crippen molar-refractivity contribution in [2.24, 2.45) is 5.73 Å². The Balaban J connectivity index is 2.21. The van der Waals surface area contributed by atoms with E-state index < -0.39 is 17.6 Å². The molecule has 0 saturated heterocycles. The predicted octanol–water partition coefficient (Wildman–Crippen LogP) is 2.29. The van der Waals surface area contributed by atoms with Gasteiger partial charge in [0.25, 0.3) is 0 Å². The second-order valence-electron chi connectivity index (χ2n) is 6.03. The van der Waals surface area contributed by atoms with E-state index in [1.807, 2.05) is 0 Å². The second-order valence-corrected chi connectivity index (χ2v) is 6.03. The summed E-state index contributed by atoms with van der Waals surface area (Å²) in [5, 5.41) is 2.59. The highest BCUT2D eigenvalue weighted by atomic mass is 19.4. The molecule has 0 aliphatic rings. The molecule has 8 nitrogen and oxygen atoms in total. The molecule has 0 radical (unpaired) electrons. The molecule has 2 heterocycles. The van der Waals surface area contributed by atoms with E-state index in [9.17, 15) is 18.0 Å². The van der Waals surface area contributed by atoms with Crippen LogP contribution in [0.1, 0.15) is 5.56 Å². The van der Waals surface area contributed by atoms with Crippen LogP contribution in [0.15, 0.2) is 42.6 Å². The summed E-state index contributed by atoms with van der Waals surface area (Å²) in [4.78, 5) is 23.3. The van der Waals surface area contributed by atoms with Crippen molar-refractivity contribution in [1.82, 2.24) is 15.0 Å². The lowest BCUT2D eigenvalue weighted by molar-refractivity contribution is -0.137. The zero-order chi connectivity index (χ0) is 21.2. The van der Waals surface area contributed by atoms with Crippen molar-refractivity contribution >= 4 is 23.5 Å². The fraction of sp³-hybridized carbons (Fsp3) is 0.111. The Morgan fingerprint density at radius 2 is 1.83 bits per heavy atom. The van der Waals surface area contributed by atoms with Gasteiger partial charge in [0.1, 0.15) is 11.6 Å². The van der Waals surface area contributed by atoms with Gasteiger partial charge in [0.05, 0.1) is 23.4 Å². The Bertz CT molecular complexity index is 1050. The van der Waals surface area contributed by atoms with Crippen LogP contribution < -0.4 is 22.5 Å². The summed E-state index contributed by atoms with van der Waals surface area (Å²) in [7, 11) is 0. The minimum absolute atomic E-state index is 0.0223. The Labute approximate surface area is 163 Å². The summed E-state index contributed by atoms with van der Waals surface area (Å²) >= 11 is 0. The second kappa shape index (κ2) is 7.62. The summed E-state index contributed by atoms with van der Waals surface area (Å²) in [6, 6.07) is 7.74. The van der Waals surface area contributed by atoms with Gasteiger partial charge in [-0.1, -0.05) is 12.1 Å². The van der Waals surface area contributed by atoms with E-state index in [1.165, 1.54) is 24.4 Å². The smallest absolute Gasteiger partial charge is 0.384 e. The molecule has 11 heteroatoms. The topological polar surface area (TPSA) is 146 Å². The molecule has 1 aromatic carbocycles. The number of benzene rings is 1. The van der Waals surface area contributed by atoms with E-state index in [-0.39, 0.29) is 40.9 Å². The fourth-order valence-corrected chi connectivity index (χ4v) is 2.61. The first-order valence-corrected chi connectivity index (χ1v) is 8.24. The molecule has 0 aliphatic carbocycles. The lowest BCUT2D eigenvalue weighted by Gasteiger charge is -2.15. The number of anilines is 3. The van der Waals surface area contributed by atoms with Gasteiger partial charge in [0.15, 0.2) is 0 Å². The number of nitrogens with one attached hydrogen (secondary N) is 1. The molecule has 0 unspecified atom stereocenters. The fourth-order valence-electron chi connectivity index (χ4n) is 2.61. The SMILES string of the molecule is NC(=O)CNc1nc(N)c(-c2ccc(N)nc2)c(-c2cccc(C(F)(F)F)c2)n1. The maximum Gasteiger partial charge on any atom is 0.416 e. The molecule has 0 bridgehead atoms. The number of halogens is 3. The van der Waals surface area contributed by atoms with Crippen LogP contribution in [-0.4, -0.2) is 27.4 Å². The molecule has 0 spiro atoms. The number of alkyl halides is 3. The number of rotatable bonds is 5. The maximum atomic E-state index is 13.2. The van der Waals surface area contributed by atoms with Crippen LogP contribution in [-0.2, 0) is 11.0 Å². The molecule has 3 aromatic rings. The van der Waals surface area contributed by atoms with Gasteiger partial charge >= 0.3 is 6.18 Å². The highest BCUT2D eigenvalue weighted by molar-refractivity contribution is 5.88. The molecular weight excluding hydrogens is 387 g/mol. The molecule has 0 fully saturated rings. The van der Waals surface area contributed by atoms with Crippen LogP contribution in [0.2, 0.25) is 0 Å². The average Bonchev–Trinajstić information content (AvgIpc) is 2.66. The molecule has 0 saturated carbocycles. The Kier molecular flexibility index (Phi) is 5.22. The number of hydrogen-bond acceptors (Lipinski definition) is 7. The Morgan fingerprint density at radius 1 is 1.07 bits per heavy atom. The minimum Gasteiger partial charge on any atom is -0.384 e. The number of aromatic nitrogens is 3. The highest BCUT2D eigenvalue weighted by Gasteiger charge is 2.31. The molecule has 3 rings (SSSR count). The van der Waals surface area contributed by atoms with Crippen molar-refractivity contribution in [3.05, 3.63) is 48.2 Å². The normalized spacial score (nSPS) is 11.3. The summed E-state index contributed by atoms with van der Waals surface area (Å²) in [5.41, 5.74) is 16.9.